The number of anilines is 1. The lowest BCUT2D eigenvalue weighted by Crippen LogP contribution is -2.01. The summed E-state index contributed by atoms with van der Waals surface area (Å²) in [6.45, 7) is 0.701. The van der Waals surface area contributed by atoms with E-state index in [2.05, 4.69) is 27.4 Å². The van der Waals surface area contributed by atoms with Crippen LogP contribution in [0, 0.1) is 0 Å². The molecule has 0 unspecified atom stereocenters. The number of hydrogen-bond acceptors (Lipinski definition) is 4. The lowest BCUT2D eigenvalue weighted by molar-refractivity contribution is 0.397. The van der Waals surface area contributed by atoms with E-state index in [1.54, 1.807) is 7.11 Å². The Kier molecular flexibility index (Phi) is 3.46. The van der Waals surface area contributed by atoms with Gasteiger partial charge in [-0.2, -0.15) is 0 Å². The maximum atomic E-state index is 5.05. The first-order chi connectivity index (χ1) is 9.86. The number of aromatic nitrogens is 2. The van der Waals surface area contributed by atoms with Gasteiger partial charge in [0, 0.05) is 30.4 Å². The van der Waals surface area contributed by atoms with Crippen molar-refractivity contribution >= 4 is 16.6 Å². The lowest BCUT2D eigenvalue weighted by atomic mass is 10.2. The first-order valence-corrected chi connectivity index (χ1v) is 6.43. The topological polar surface area (TPSA) is 47.0 Å². The van der Waals surface area contributed by atoms with Crippen molar-refractivity contribution in [2.24, 2.45) is 0 Å². The molecule has 20 heavy (non-hydrogen) atoms. The Morgan fingerprint density at radius 3 is 2.75 bits per heavy atom. The number of hydrogen-bond donors (Lipinski definition) is 1. The van der Waals surface area contributed by atoms with Gasteiger partial charge in [-0.1, -0.05) is 24.3 Å². The summed E-state index contributed by atoms with van der Waals surface area (Å²) >= 11 is 0. The van der Waals surface area contributed by atoms with Crippen molar-refractivity contribution in [1.29, 1.82) is 0 Å². The van der Waals surface area contributed by atoms with E-state index in [0.717, 1.165) is 22.2 Å². The highest BCUT2D eigenvalue weighted by molar-refractivity contribution is 5.90. The van der Waals surface area contributed by atoms with Crippen LogP contribution in [0.4, 0.5) is 5.69 Å². The molecule has 0 bridgehead atoms. The Hall–Kier alpha value is -2.62. The molecule has 4 nitrogen and oxygen atoms in total. The van der Waals surface area contributed by atoms with Gasteiger partial charge in [0.25, 0.3) is 0 Å². The van der Waals surface area contributed by atoms with Crippen molar-refractivity contribution in [3.63, 3.8) is 0 Å². The number of rotatable bonds is 4. The molecule has 0 atom stereocenters. The minimum absolute atomic E-state index is 0.626. The van der Waals surface area contributed by atoms with Gasteiger partial charge >= 0.3 is 0 Å². The average molecular weight is 265 g/mol. The van der Waals surface area contributed by atoms with Crippen molar-refractivity contribution in [2.75, 3.05) is 12.4 Å². The first kappa shape index (κ1) is 12.4. The third-order valence-electron chi connectivity index (χ3n) is 3.12. The van der Waals surface area contributed by atoms with E-state index in [0.29, 0.717) is 12.4 Å². The molecule has 2 heterocycles. The third kappa shape index (κ3) is 2.54. The van der Waals surface area contributed by atoms with Crippen LogP contribution >= 0.6 is 0 Å². The minimum atomic E-state index is 0.626. The molecular weight excluding hydrogens is 250 g/mol. The molecule has 0 saturated heterocycles. The second kappa shape index (κ2) is 5.57. The number of para-hydroxylation sites is 1. The largest absolute Gasteiger partial charge is 0.481 e. The van der Waals surface area contributed by atoms with E-state index in [9.17, 15) is 0 Å². The Bertz CT molecular complexity index is 705. The van der Waals surface area contributed by atoms with Crippen LogP contribution in [-0.2, 0) is 6.54 Å². The highest BCUT2D eigenvalue weighted by atomic mass is 16.5. The zero-order valence-corrected chi connectivity index (χ0v) is 11.2. The van der Waals surface area contributed by atoms with Gasteiger partial charge in [0.2, 0.25) is 5.88 Å². The minimum Gasteiger partial charge on any atom is -0.481 e. The summed E-state index contributed by atoms with van der Waals surface area (Å²) in [4.78, 5) is 8.62. The van der Waals surface area contributed by atoms with Crippen LogP contribution in [0.3, 0.4) is 0 Å². The Labute approximate surface area is 117 Å². The van der Waals surface area contributed by atoms with Crippen LogP contribution < -0.4 is 10.1 Å². The Morgan fingerprint density at radius 2 is 1.95 bits per heavy atom. The normalized spacial score (nSPS) is 10.4. The van der Waals surface area contributed by atoms with Crippen molar-refractivity contribution in [1.82, 2.24) is 9.97 Å². The van der Waals surface area contributed by atoms with Gasteiger partial charge in [0.1, 0.15) is 0 Å². The number of nitrogens with one attached hydrogen (secondary N) is 1. The second-order valence-corrected chi connectivity index (χ2v) is 4.44. The zero-order chi connectivity index (χ0) is 13.8. The van der Waals surface area contributed by atoms with Gasteiger partial charge in [0.15, 0.2) is 0 Å². The number of methoxy groups -OCH3 is 1. The van der Waals surface area contributed by atoms with Crippen molar-refractivity contribution in [3.8, 4) is 5.88 Å². The number of ether oxygens (including phenoxy) is 1. The molecule has 0 saturated carbocycles. The maximum Gasteiger partial charge on any atom is 0.212 e. The number of pyridine rings is 2. The fraction of sp³-hybridized carbons (Fsp3) is 0.125. The SMILES string of the molecule is COc1ccc(CNc2cccc3cccnc23)cn1. The fourth-order valence-electron chi connectivity index (χ4n) is 2.08. The summed E-state index contributed by atoms with van der Waals surface area (Å²) in [5.41, 5.74) is 3.11. The first-order valence-electron chi connectivity index (χ1n) is 6.43. The number of nitrogens with zero attached hydrogens (tertiary/aromatic N) is 2. The predicted molar refractivity (Wildman–Crippen MR) is 79.9 cm³/mol. The lowest BCUT2D eigenvalue weighted by Gasteiger charge is -2.09. The highest BCUT2D eigenvalue weighted by Gasteiger charge is 2.01. The standard InChI is InChI=1S/C16H15N3O/c1-20-15-8-7-12(11-19-15)10-18-14-6-2-4-13-5-3-9-17-16(13)14/h2-9,11,18H,10H2,1H3. The smallest absolute Gasteiger partial charge is 0.212 e. The van der Waals surface area contributed by atoms with Gasteiger partial charge < -0.3 is 10.1 Å². The highest BCUT2D eigenvalue weighted by Crippen LogP contribution is 2.21. The van der Waals surface area contributed by atoms with Crippen LogP contribution in [0.15, 0.2) is 54.9 Å². The molecule has 3 aromatic rings. The van der Waals surface area contributed by atoms with Gasteiger partial charge in [-0.3, -0.25) is 4.98 Å². The van der Waals surface area contributed by atoms with Crippen LogP contribution in [0.25, 0.3) is 10.9 Å². The quantitative estimate of drug-likeness (QED) is 0.786. The third-order valence-corrected chi connectivity index (χ3v) is 3.12. The summed E-state index contributed by atoms with van der Waals surface area (Å²) < 4.78 is 5.05. The van der Waals surface area contributed by atoms with Crippen molar-refractivity contribution < 1.29 is 4.74 Å². The number of fused-ring (bicyclic) bond motifs is 1. The van der Waals surface area contributed by atoms with E-state index in [1.165, 1.54) is 0 Å². The second-order valence-electron chi connectivity index (χ2n) is 4.44. The van der Waals surface area contributed by atoms with Crippen LogP contribution in [0.5, 0.6) is 5.88 Å². The van der Waals surface area contributed by atoms with E-state index in [-0.39, 0.29) is 0 Å². The van der Waals surface area contributed by atoms with Gasteiger partial charge in [-0.15, -0.1) is 0 Å². The molecule has 4 heteroatoms. The Morgan fingerprint density at radius 1 is 1.05 bits per heavy atom. The molecule has 0 aliphatic carbocycles. The van der Waals surface area contributed by atoms with Crippen LogP contribution in [-0.4, -0.2) is 17.1 Å². The molecule has 0 radical (unpaired) electrons. The fourth-order valence-corrected chi connectivity index (χ4v) is 2.08. The molecule has 2 aromatic heterocycles. The Balaban J connectivity index is 1.79. The summed E-state index contributed by atoms with van der Waals surface area (Å²) in [5, 5.41) is 4.53. The monoisotopic (exact) mass is 265 g/mol. The molecule has 0 fully saturated rings. The van der Waals surface area contributed by atoms with Crippen LogP contribution in [0.2, 0.25) is 0 Å². The summed E-state index contributed by atoms with van der Waals surface area (Å²) in [5.74, 6) is 0.626. The van der Waals surface area contributed by atoms with E-state index >= 15 is 0 Å². The molecule has 1 N–H and O–H groups in total. The predicted octanol–water partition coefficient (Wildman–Crippen LogP) is 3.25. The van der Waals surface area contributed by atoms with Crippen molar-refractivity contribution in [2.45, 2.75) is 6.54 Å². The van der Waals surface area contributed by atoms with Crippen LogP contribution in [0.1, 0.15) is 5.56 Å². The van der Waals surface area contributed by atoms with Gasteiger partial charge in [-0.05, 0) is 17.7 Å². The summed E-state index contributed by atoms with van der Waals surface area (Å²) in [6.07, 6.45) is 3.62. The molecule has 1 aromatic carbocycles. The number of benzene rings is 1. The van der Waals surface area contributed by atoms with E-state index in [4.69, 9.17) is 4.74 Å². The maximum absolute atomic E-state index is 5.05. The molecule has 0 aliphatic heterocycles. The van der Waals surface area contributed by atoms with Crippen molar-refractivity contribution in [3.05, 3.63) is 60.4 Å². The summed E-state index contributed by atoms with van der Waals surface area (Å²) in [6, 6.07) is 14.0. The molecule has 3 rings (SSSR count). The molecule has 100 valence electrons. The molecular formula is C16H15N3O. The summed E-state index contributed by atoms with van der Waals surface area (Å²) in [7, 11) is 1.61. The van der Waals surface area contributed by atoms with Gasteiger partial charge in [-0.25, -0.2) is 4.98 Å². The molecule has 0 amide bonds. The van der Waals surface area contributed by atoms with E-state index in [1.807, 2.05) is 42.7 Å². The molecule has 0 spiro atoms. The average Bonchev–Trinajstić information content (AvgIpc) is 2.53. The zero-order valence-electron chi connectivity index (χ0n) is 11.2. The van der Waals surface area contributed by atoms with E-state index < -0.39 is 0 Å². The molecule has 0 aliphatic rings. The van der Waals surface area contributed by atoms with Gasteiger partial charge in [0.05, 0.1) is 18.3 Å².